The highest BCUT2D eigenvalue weighted by molar-refractivity contribution is 6.53. The standard InChI is InChI=1S/C13H27BO/c1-9-10(12(2,3)4)11(13(5,6)7)14(8)15-9/h9-11H,1-8H3. The Kier molecular flexibility index (Phi) is 3.32. The van der Waals surface area contributed by atoms with Crippen LogP contribution in [0.25, 0.3) is 0 Å². The molecule has 0 spiro atoms. The van der Waals surface area contributed by atoms with E-state index in [4.69, 9.17) is 4.65 Å². The summed E-state index contributed by atoms with van der Waals surface area (Å²) in [6, 6.07) is 0. The van der Waals surface area contributed by atoms with Crippen molar-refractivity contribution in [2.75, 3.05) is 0 Å². The van der Waals surface area contributed by atoms with E-state index in [2.05, 4.69) is 55.3 Å². The minimum atomic E-state index is 0.335. The second-order valence-corrected chi connectivity index (χ2v) is 7.33. The van der Waals surface area contributed by atoms with E-state index in [0.717, 1.165) is 0 Å². The monoisotopic (exact) mass is 210 g/mol. The third kappa shape index (κ3) is 2.58. The Hall–Kier alpha value is 0.0249. The van der Waals surface area contributed by atoms with E-state index in [1.807, 2.05) is 0 Å². The van der Waals surface area contributed by atoms with Crippen molar-refractivity contribution in [2.45, 2.75) is 67.2 Å². The molecule has 1 aliphatic heterocycles. The van der Waals surface area contributed by atoms with Crippen LogP contribution in [0.2, 0.25) is 12.6 Å². The highest BCUT2D eigenvalue weighted by Crippen LogP contribution is 2.53. The highest BCUT2D eigenvalue weighted by atomic mass is 16.5. The minimum absolute atomic E-state index is 0.335. The van der Waals surface area contributed by atoms with Crippen molar-refractivity contribution >= 4 is 6.92 Å². The minimum Gasteiger partial charge on any atom is -0.433 e. The molecule has 0 aromatic heterocycles. The van der Waals surface area contributed by atoms with Crippen LogP contribution in [-0.2, 0) is 4.65 Å². The molecular weight excluding hydrogens is 183 g/mol. The number of rotatable bonds is 0. The quantitative estimate of drug-likeness (QED) is 0.547. The predicted octanol–water partition coefficient (Wildman–Crippen LogP) is 4.11. The Bertz CT molecular complexity index is 200. The SMILES string of the molecule is CB1OC(C)C(C(C)(C)C)C1C(C)(C)C. The fraction of sp³-hybridized carbons (Fsp3) is 1.00. The molecule has 0 saturated carbocycles. The van der Waals surface area contributed by atoms with Crippen molar-refractivity contribution in [3.8, 4) is 0 Å². The van der Waals surface area contributed by atoms with Crippen LogP contribution in [0.15, 0.2) is 0 Å². The molecule has 0 aromatic rings. The van der Waals surface area contributed by atoms with Crippen LogP contribution in [0.1, 0.15) is 48.5 Å². The van der Waals surface area contributed by atoms with Crippen molar-refractivity contribution in [1.82, 2.24) is 0 Å². The molecule has 1 heterocycles. The van der Waals surface area contributed by atoms with Crippen LogP contribution in [0.4, 0.5) is 0 Å². The molecule has 0 amide bonds. The van der Waals surface area contributed by atoms with Crippen LogP contribution in [0, 0.1) is 16.7 Å². The third-order valence-electron chi connectivity index (χ3n) is 3.83. The van der Waals surface area contributed by atoms with E-state index < -0.39 is 0 Å². The summed E-state index contributed by atoms with van der Waals surface area (Å²) in [7, 11) is 0. The molecular formula is C13H27BO. The predicted molar refractivity (Wildman–Crippen MR) is 68.3 cm³/mol. The van der Waals surface area contributed by atoms with Crippen molar-refractivity contribution in [1.29, 1.82) is 0 Å². The van der Waals surface area contributed by atoms with Crippen LogP contribution in [0.5, 0.6) is 0 Å². The van der Waals surface area contributed by atoms with Crippen molar-refractivity contribution in [3.05, 3.63) is 0 Å². The van der Waals surface area contributed by atoms with Gasteiger partial charge in [0.05, 0.1) is 0 Å². The van der Waals surface area contributed by atoms with Crippen LogP contribution in [-0.4, -0.2) is 13.0 Å². The molecule has 1 saturated heterocycles. The fourth-order valence-electron chi connectivity index (χ4n) is 3.58. The van der Waals surface area contributed by atoms with Crippen molar-refractivity contribution in [3.63, 3.8) is 0 Å². The molecule has 1 fully saturated rings. The van der Waals surface area contributed by atoms with Gasteiger partial charge in [0, 0.05) is 6.10 Å². The Morgan fingerprint density at radius 1 is 0.933 bits per heavy atom. The first-order valence-electron chi connectivity index (χ1n) is 6.20. The molecule has 0 bridgehead atoms. The summed E-state index contributed by atoms with van der Waals surface area (Å²) in [6.07, 6.45) is 0.393. The molecule has 15 heavy (non-hydrogen) atoms. The van der Waals surface area contributed by atoms with E-state index in [-0.39, 0.29) is 0 Å². The van der Waals surface area contributed by atoms with Gasteiger partial charge in [-0.05, 0) is 29.5 Å². The largest absolute Gasteiger partial charge is 0.433 e. The van der Waals surface area contributed by atoms with E-state index >= 15 is 0 Å². The van der Waals surface area contributed by atoms with Gasteiger partial charge in [0.2, 0.25) is 0 Å². The normalized spacial score (nSPS) is 33.6. The topological polar surface area (TPSA) is 9.23 Å². The lowest BCUT2D eigenvalue weighted by atomic mass is 9.45. The summed E-state index contributed by atoms with van der Waals surface area (Å²) in [4.78, 5) is 0. The Morgan fingerprint density at radius 2 is 1.40 bits per heavy atom. The Morgan fingerprint density at radius 3 is 1.67 bits per heavy atom. The van der Waals surface area contributed by atoms with Gasteiger partial charge >= 0.3 is 0 Å². The highest BCUT2D eigenvalue weighted by Gasteiger charge is 2.51. The molecule has 1 aliphatic rings. The first-order chi connectivity index (χ1) is 6.55. The molecule has 88 valence electrons. The lowest BCUT2D eigenvalue weighted by Gasteiger charge is -2.40. The molecule has 0 aliphatic carbocycles. The second-order valence-electron chi connectivity index (χ2n) is 7.33. The maximum atomic E-state index is 6.04. The summed E-state index contributed by atoms with van der Waals surface area (Å²) in [5.41, 5.74) is 0.671. The zero-order chi connectivity index (χ0) is 12.0. The first kappa shape index (κ1) is 13.1. The van der Waals surface area contributed by atoms with Crippen molar-refractivity contribution in [2.24, 2.45) is 16.7 Å². The van der Waals surface area contributed by atoms with Gasteiger partial charge in [0.25, 0.3) is 6.92 Å². The summed E-state index contributed by atoms with van der Waals surface area (Å²) in [6.45, 7) is 18.9. The average molecular weight is 210 g/mol. The second kappa shape index (κ2) is 3.80. The van der Waals surface area contributed by atoms with Gasteiger partial charge < -0.3 is 4.65 Å². The number of hydrogen-bond donors (Lipinski definition) is 0. The van der Waals surface area contributed by atoms with Gasteiger partial charge in [-0.1, -0.05) is 48.4 Å². The molecule has 0 N–H and O–H groups in total. The lowest BCUT2D eigenvalue weighted by molar-refractivity contribution is 0.0925. The Balaban J connectivity index is 3.01. The molecule has 0 aromatic carbocycles. The van der Waals surface area contributed by atoms with Gasteiger partial charge in [-0.3, -0.25) is 0 Å². The van der Waals surface area contributed by atoms with Crippen LogP contribution >= 0.6 is 0 Å². The van der Waals surface area contributed by atoms with Gasteiger partial charge in [0.15, 0.2) is 0 Å². The summed E-state index contributed by atoms with van der Waals surface area (Å²) < 4.78 is 6.04. The first-order valence-corrected chi connectivity index (χ1v) is 6.20. The van der Waals surface area contributed by atoms with Gasteiger partial charge in [0.1, 0.15) is 0 Å². The summed E-state index contributed by atoms with van der Waals surface area (Å²) >= 11 is 0. The molecule has 1 nitrogen and oxygen atoms in total. The van der Waals surface area contributed by atoms with Gasteiger partial charge in [-0.25, -0.2) is 0 Å². The van der Waals surface area contributed by atoms with E-state index in [9.17, 15) is 0 Å². The maximum Gasteiger partial charge on any atom is 0.294 e. The summed E-state index contributed by atoms with van der Waals surface area (Å²) in [5, 5.41) is 0. The molecule has 1 rings (SSSR count). The molecule has 3 unspecified atom stereocenters. The third-order valence-corrected chi connectivity index (χ3v) is 3.83. The van der Waals surface area contributed by atoms with Crippen LogP contribution < -0.4 is 0 Å². The van der Waals surface area contributed by atoms with Crippen molar-refractivity contribution < 1.29 is 4.65 Å². The Labute approximate surface area is 96.1 Å². The van der Waals surface area contributed by atoms with E-state index in [1.54, 1.807) is 0 Å². The lowest BCUT2D eigenvalue weighted by Crippen LogP contribution is -2.36. The maximum absolute atomic E-state index is 6.04. The fourth-order valence-corrected chi connectivity index (χ4v) is 3.58. The van der Waals surface area contributed by atoms with Gasteiger partial charge in [-0.2, -0.15) is 0 Å². The summed E-state index contributed by atoms with van der Waals surface area (Å²) in [5.74, 6) is 1.32. The van der Waals surface area contributed by atoms with Crippen LogP contribution in [0.3, 0.4) is 0 Å². The molecule has 3 atom stereocenters. The number of hydrogen-bond acceptors (Lipinski definition) is 1. The smallest absolute Gasteiger partial charge is 0.294 e. The van der Waals surface area contributed by atoms with Gasteiger partial charge in [-0.15, -0.1) is 0 Å². The van der Waals surface area contributed by atoms with E-state index in [0.29, 0.717) is 35.6 Å². The molecule has 0 radical (unpaired) electrons. The van der Waals surface area contributed by atoms with E-state index in [1.165, 1.54) is 0 Å². The molecule has 2 heteroatoms. The average Bonchev–Trinajstić information content (AvgIpc) is 2.22. The zero-order valence-corrected chi connectivity index (χ0v) is 11.7. The zero-order valence-electron chi connectivity index (χ0n) is 11.7.